The number of halogens is 2. The summed E-state index contributed by atoms with van der Waals surface area (Å²) in [6.45, 7) is 0. The lowest BCUT2D eigenvalue weighted by atomic mass is 10.2. The van der Waals surface area contributed by atoms with Crippen molar-refractivity contribution in [2.45, 2.75) is 0 Å². The molecule has 0 atom stereocenters. The van der Waals surface area contributed by atoms with Crippen molar-refractivity contribution in [1.82, 2.24) is 0 Å². The molecule has 0 aromatic heterocycles. The molecule has 0 unspecified atom stereocenters. The van der Waals surface area contributed by atoms with Crippen molar-refractivity contribution < 1.29 is 9.13 Å². The first-order chi connectivity index (χ1) is 9.51. The van der Waals surface area contributed by atoms with Crippen molar-refractivity contribution in [3.8, 4) is 5.75 Å². The standard InChI is InChI=1S/C14H12BrFN2OS/c1-19-13-5-3-9(7-10(13)15)18-12-4-2-8(14(17)20)6-11(12)16/h2-7,18H,1H3,(H2,17,20). The smallest absolute Gasteiger partial charge is 0.147 e. The summed E-state index contributed by atoms with van der Waals surface area (Å²) in [6, 6.07) is 9.97. The summed E-state index contributed by atoms with van der Waals surface area (Å²) in [7, 11) is 1.58. The summed E-state index contributed by atoms with van der Waals surface area (Å²) in [4.78, 5) is 0.169. The van der Waals surface area contributed by atoms with Crippen LogP contribution in [-0.2, 0) is 0 Å². The Bertz CT molecular complexity index is 664. The molecule has 0 aliphatic heterocycles. The van der Waals surface area contributed by atoms with Crippen LogP contribution in [0, 0.1) is 5.82 Å². The van der Waals surface area contributed by atoms with E-state index in [0.717, 1.165) is 10.2 Å². The van der Waals surface area contributed by atoms with Gasteiger partial charge in [0.2, 0.25) is 0 Å². The third-order valence-electron chi connectivity index (χ3n) is 2.68. The average molecular weight is 355 g/mol. The van der Waals surface area contributed by atoms with Crippen LogP contribution in [0.3, 0.4) is 0 Å². The van der Waals surface area contributed by atoms with Crippen LogP contribution in [0.5, 0.6) is 5.75 Å². The zero-order valence-corrected chi connectivity index (χ0v) is 13.0. The number of rotatable bonds is 4. The van der Waals surface area contributed by atoms with Crippen molar-refractivity contribution in [1.29, 1.82) is 0 Å². The maximum atomic E-state index is 13.9. The minimum Gasteiger partial charge on any atom is -0.496 e. The number of nitrogens with one attached hydrogen (secondary N) is 1. The lowest BCUT2D eigenvalue weighted by Gasteiger charge is -2.10. The molecular weight excluding hydrogens is 343 g/mol. The Hall–Kier alpha value is -1.66. The fourth-order valence-corrected chi connectivity index (χ4v) is 2.34. The van der Waals surface area contributed by atoms with Crippen molar-refractivity contribution in [3.63, 3.8) is 0 Å². The van der Waals surface area contributed by atoms with E-state index in [0.29, 0.717) is 17.0 Å². The highest BCUT2D eigenvalue weighted by Gasteiger charge is 2.07. The molecule has 0 fully saturated rings. The first-order valence-electron chi connectivity index (χ1n) is 5.71. The molecule has 0 aliphatic carbocycles. The summed E-state index contributed by atoms with van der Waals surface area (Å²) < 4.78 is 19.8. The van der Waals surface area contributed by atoms with E-state index in [9.17, 15) is 4.39 Å². The van der Waals surface area contributed by atoms with Gasteiger partial charge in [0.05, 0.1) is 17.3 Å². The number of hydrogen-bond donors (Lipinski definition) is 2. The molecule has 2 aromatic rings. The predicted molar refractivity (Wildman–Crippen MR) is 86.3 cm³/mol. The summed E-state index contributed by atoms with van der Waals surface area (Å²) in [5.41, 5.74) is 7.05. The van der Waals surface area contributed by atoms with Crippen molar-refractivity contribution >= 4 is 44.5 Å². The van der Waals surface area contributed by atoms with Gasteiger partial charge in [0, 0.05) is 11.3 Å². The third kappa shape index (κ3) is 3.26. The summed E-state index contributed by atoms with van der Waals surface area (Å²) in [5, 5.41) is 2.99. The highest BCUT2D eigenvalue weighted by molar-refractivity contribution is 9.10. The van der Waals surface area contributed by atoms with Crippen molar-refractivity contribution in [2.75, 3.05) is 12.4 Å². The van der Waals surface area contributed by atoms with Gasteiger partial charge in [0.1, 0.15) is 16.6 Å². The number of ether oxygens (including phenoxy) is 1. The largest absolute Gasteiger partial charge is 0.496 e. The van der Waals surface area contributed by atoms with Gasteiger partial charge in [-0.1, -0.05) is 12.2 Å². The number of benzene rings is 2. The topological polar surface area (TPSA) is 47.3 Å². The number of methoxy groups -OCH3 is 1. The second-order valence-corrected chi connectivity index (χ2v) is 5.33. The Labute approximate surface area is 130 Å². The zero-order valence-electron chi connectivity index (χ0n) is 10.6. The molecule has 6 heteroatoms. The Morgan fingerprint density at radius 1 is 1.30 bits per heavy atom. The van der Waals surface area contributed by atoms with Crippen LogP contribution in [0.2, 0.25) is 0 Å². The zero-order chi connectivity index (χ0) is 14.7. The molecule has 0 bridgehead atoms. The van der Waals surface area contributed by atoms with Crippen LogP contribution in [0.15, 0.2) is 40.9 Å². The normalized spacial score (nSPS) is 10.2. The van der Waals surface area contributed by atoms with E-state index >= 15 is 0 Å². The Morgan fingerprint density at radius 3 is 2.60 bits per heavy atom. The molecular formula is C14H12BrFN2OS. The van der Waals surface area contributed by atoms with Crippen molar-refractivity contribution in [3.05, 3.63) is 52.3 Å². The van der Waals surface area contributed by atoms with E-state index in [-0.39, 0.29) is 4.99 Å². The quantitative estimate of drug-likeness (QED) is 0.815. The number of anilines is 2. The molecule has 0 saturated heterocycles. The SMILES string of the molecule is COc1ccc(Nc2ccc(C(N)=S)cc2F)cc1Br. The first kappa shape index (κ1) is 14.7. The van der Waals surface area contributed by atoms with Gasteiger partial charge in [-0.15, -0.1) is 0 Å². The molecule has 2 aromatic carbocycles. The molecule has 20 heavy (non-hydrogen) atoms. The molecule has 3 N–H and O–H groups in total. The minimum absolute atomic E-state index is 0.169. The van der Waals surface area contributed by atoms with Gasteiger partial charge < -0.3 is 15.8 Å². The van der Waals surface area contributed by atoms with Crippen LogP contribution in [0.25, 0.3) is 0 Å². The van der Waals surface area contributed by atoms with Crippen LogP contribution in [0.1, 0.15) is 5.56 Å². The van der Waals surface area contributed by atoms with E-state index in [1.165, 1.54) is 6.07 Å². The first-order valence-corrected chi connectivity index (χ1v) is 6.91. The van der Waals surface area contributed by atoms with Crippen LogP contribution >= 0.6 is 28.1 Å². The van der Waals surface area contributed by atoms with Crippen LogP contribution in [0.4, 0.5) is 15.8 Å². The highest BCUT2D eigenvalue weighted by Crippen LogP contribution is 2.30. The van der Waals surface area contributed by atoms with E-state index < -0.39 is 5.82 Å². The predicted octanol–water partition coefficient (Wildman–Crippen LogP) is 3.97. The van der Waals surface area contributed by atoms with Gasteiger partial charge in [-0.2, -0.15) is 0 Å². The summed E-state index contributed by atoms with van der Waals surface area (Å²) in [5.74, 6) is 0.294. The maximum Gasteiger partial charge on any atom is 0.147 e. The van der Waals surface area contributed by atoms with Gasteiger partial charge in [0.25, 0.3) is 0 Å². The van der Waals surface area contributed by atoms with Gasteiger partial charge in [-0.05, 0) is 52.3 Å². The molecule has 0 radical (unpaired) electrons. The van der Waals surface area contributed by atoms with Crippen LogP contribution in [-0.4, -0.2) is 12.1 Å². The Kier molecular flexibility index (Phi) is 4.57. The molecule has 0 spiro atoms. The van der Waals surface area contributed by atoms with Gasteiger partial charge >= 0.3 is 0 Å². The molecule has 0 saturated carbocycles. The van der Waals surface area contributed by atoms with Gasteiger partial charge in [-0.25, -0.2) is 4.39 Å². The van der Waals surface area contributed by atoms with E-state index in [1.54, 1.807) is 37.4 Å². The maximum absolute atomic E-state index is 13.9. The van der Waals surface area contributed by atoms with Gasteiger partial charge in [0.15, 0.2) is 0 Å². The number of thiocarbonyl (C=S) groups is 1. The molecule has 3 nitrogen and oxygen atoms in total. The highest BCUT2D eigenvalue weighted by atomic mass is 79.9. The van der Waals surface area contributed by atoms with Crippen molar-refractivity contribution in [2.24, 2.45) is 5.73 Å². The minimum atomic E-state index is -0.415. The molecule has 0 amide bonds. The average Bonchev–Trinajstić information content (AvgIpc) is 2.41. The second kappa shape index (κ2) is 6.19. The Morgan fingerprint density at radius 2 is 2.05 bits per heavy atom. The summed E-state index contributed by atoms with van der Waals surface area (Å²) >= 11 is 8.19. The molecule has 2 rings (SSSR count). The van der Waals surface area contributed by atoms with E-state index in [2.05, 4.69) is 21.2 Å². The van der Waals surface area contributed by atoms with Crippen LogP contribution < -0.4 is 15.8 Å². The van der Waals surface area contributed by atoms with E-state index in [1.807, 2.05) is 0 Å². The fraction of sp³-hybridized carbons (Fsp3) is 0.0714. The monoisotopic (exact) mass is 354 g/mol. The lowest BCUT2D eigenvalue weighted by molar-refractivity contribution is 0.412. The molecule has 104 valence electrons. The molecule has 0 aliphatic rings. The summed E-state index contributed by atoms with van der Waals surface area (Å²) in [6.07, 6.45) is 0. The molecule has 0 heterocycles. The Balaban J connectivity index is 2.26. The fourth-order valence-electron chi connectivity index (χ4n) is 1.67. The number of hydrogen-bond acceptors (Lipinski definition) is 3. The number of nitrogens with two attached hydrogens (primary N) is 1. The van der Waals surface area contributed by atoms with E-state index in [4.69, 9.17) is 22.7 Å². The third-order valence-corrected chi connectivity index (χ3v) is 3.54. The lowest BCUT2D eigenvalue weighted by Crippen LogP contribution is -2.09. The van der Waals surface area contributed by atoms with Gasteiger partial charge in [-0.3, -0.25) is 0 Å². The second-order valence-electron chi connectivity index (χ2n) is 4.03.